The molecular formula is C21H28N4O2. The van der Waals surface area contributed by atoms with Crippen LogP contribution in [-0.2, 0) is 13.1 Å². The summed E-state index contributed by atoms with van der Waals surface area (Å²) in [6.45, 7) is 10.7. The van der Waals surface area contributed by atoms with Crippen molar-refractivity contribution in [1.82, 2.24) is 20.0 Å². The van der Waals surface area contributed by atoms with Crippen molar-refractivity contribution in [2.75, 3.05) is 19.7 Å². The van der Waals surface area contributed by atoms with Gasteiger partial charge in [-0.05, 0) is 37.6 Å². The van der Waals surface area contributed by atoms with Crippen molar-refractivity contribution in [1.29, 1.82) is 0 Å². The molecule has 3 heterocycles. The van der Waals surface area contributed by atoms with Crippen LogP contribution < -0.4 is 10.1 Å². The van der Waals surface area contributed by atoms with E-state index in [2.05, 4.69) is 48.2 Å². The average Bonchev–Trinajstić information content (AvgIpc) is 3.08. The van der Waals surface area contributed by atoms with E-state index in [-0.39, 0.29) is 17.9 Å². The second-order valence-corrected chi connectivity index (χ2v) is 7.74. The van der Waals surface area contributed by atoms with Gasteiger partial charge in [0.2, 0.25) is 0 Å². The fraction of sp³-hybridized carbons (Fsp3) is 0.524. The largest absolute Gasteiger partial charge is 0.491 e. The van der Waals surface area contributed by atoms with E-state index in [1.165, 1.54) is 5.56 Å². The Kier molecular flexibility index (Phi) is 4.91. The Hall–Kier alpha value is -2.34. The van der Waals surface area contributed by atoms with Gasteiger partial charge in [0.1, 0.15) is 12.4 Å². The number of benzene rings is 1. The van der Waals surface area contributed by atoms with E-state index in [0.29, 0.717) is 12.3 Å². The van der Waals surface area contributed by atoms with Gasteiger partial charge in [0, 0.05) is 19.0 Å². The lowest BCUT2D eigenvalue weighted by Gasteiger charge is -2.32. The van der Waals surface area contributed by atoms with Gasteiger partial charge in [-0.1, -0.05) is 31.5 Å². The van der Waals surface area contributed by atoms with Crippen LogP contribution in [0.25, 0.3) is 0 Å². The van der Waals surface area contributed by atoms with Crippen molar-refractivity contribution in [2.45, 2.75) is 52.2 Å². The number of aromatic nitrogens is 2. The van der Waals surface area contributed by atoms with Gasteiger partial charge in [-0.2, -0.15) is 5.10 Å². The van der Waals surface area contributed by atoms with Crippen LogP contribution in [0.2, 0.25) is 0 Å². The van der Waals surface area contributed by atoms with E-state index in [1.54, 1.807) is 0 Å². The summed E-state index contributed by atoms with van der Waals surface area (Å²) in [7, 11) is 0. The van der Waals surface area contributed by atoms with Crippen LogP contribution in [0.5, 0.6) is 5.75 Å². The number of amides is 1. The first-order valence-corrected chi connectivity index (χ1v) is 9.88. The Bertz CT molecular complexity index is 845. The summed E-state index contributed by atoms with van der Waals surface area (Å²) in [6.07, 6.45) is 1.14. The maximum atomic E-state index is 12.8. The predicted octanol–water partition coefficient (Wildman–Crippen LogP) is 2.71. The van der Waals surface area contributed by atoms with Crippen LogP contribution in [-0.4, -0.2) is 46.3 Å². The normalized spacial score (nSPS) is 21.9. The minimum Gasteiger partial charge on any atom is -0.491 e. The first-order chi connectivity index (χ1) is 13.0. The zero-order chi connectivity index (χ0) is 19.0. The van der Waals surface area contributed by atoms with Crippen molar-refractivity contribution >= 4 is 5.91 Å². The highest BCUT2D eigenvalue weighted by atomic mass is 16.5. The summed E-state index contributed by atoms with van der Waals surface area (Å²) in [5, 5.41) is 7.67. The molecule has 6 nitrogen and oxygen atoms in total. The van der Waals surface area contributed by atoms with Crippen molar-refractivity contribution in [2.24, 2.45) is 0 Å². The molecule has 0 fully saturated rings. The molecule has 0 saturated heterocycles. The molecule has 2 aliphatic rings. The second-order valence-electron chi connectivity index (χ2n) is 7.74. The minimum atomic E-state index is -0.115. The zero-order valence-corrected chi connectivity index (χ0v) is 16.4. The van der Waals surface area contributed by atoms with Gasteiger partial charge in [0.25, 0.3) is 5.91 Å². The van der Waals surface area contributed by atoms with Gasteiger partial charge in [-0.15, -0.1) is 0 Å². The predicted molar refractivity (Wildman–Crippen MR) is 104 cm³/mol. The third-order valence-electron chi connectivity index (χ3n) is 5.64. The smallest absolute Gasteiger partial charge is 0.272 e. The van der Waals surface area contributed by atoms with Crippen molar-refractivity contribution in [3.05, 3.63) is 46.8 Å². The highest BCUT2D eigenvalue weighted by Crippen LogP contribution is 2.34. The molecule has 2 atom stereocenters. The van der Waals surface area contributed by atoms with Crippen LogP contribution in [0.1, 0.15) is 53.5 Å². The van der Waals surface area contributed by atoms with Crippen LogP contribution in [0.4, 0.5) is 0 Å². The highest BCUT2D eigenvalue weighted by molar-refractivity contribution is 5.92. The fourth-order valence-corrected chi connectivity index (χ4v) is 4.04. The topological polar surface area (TPSA) is 59.4 Å². The summed E-state index contributed by atoms with van der Waals surface area (Å²) in [6, 6.07) is 8.11. The summed E-state index contributed by atoms with van der Waals surface area (Å²) in [5.41, 5.74) is 3.99. The number of carbonyl (C=O) groups excluding carboxylic acids is 1. The van der Waals surface area contributed by atoms with Crippen LogP contribution >= 0.6 is 0 Å². The van der Waals surface area contributed by atoms with Gasteiger partial charge in [0.15, 0.2) is 5.69 Å². The van der Waals surface area contributed by atoms with E-state index in [4.69, 9.17) is 4.74 Å². The maximum Gasteiger partial charge on any atom is 0.272 e. The molecule has 1 N–H and O–H groups in total. The van der Waals surface area contributed by atoms with Crippen LogP contribution in [0.15, 0.2) is 24.3 Å². The number of aryl methyl sites for hydroxylation is 1. The Balaban J connectivity index is 1.46. The standard InChI is InChI=1S/C21H28N4O2/c1-4-7-24-8-9-25-16(12-24)11-18(23-25)21(26)22-19-13-27-20-6-5-14(2)10-17(20)15(19)3/h5-6,10-11,15,19H,4,7-9,12-13H2,1-3H3,(H,22,26). The van der Waals surface area contributed by atoms with E-state index in [1.807, 2.05) is 16.8 Å². The summed E-state index contributed by atoms with van der Waals surface area (Å²) in [4.78, 5) is 15.2. The van der Waals surface area contributed by atoms with Crippen LogP contribution in [0, 0.1) is 6.92 Å². The third kappa shape index (κ3) is 3.58. The van der Waals surface area contributed by atoms with E-state index in [0.717, 1.165) is 49.6 Å². The number of hydrogen-bond acceptors (Lipinski definition) is 4. The number of nitrogens with one attached hydrogen (secondary N) is 1. The summed E-state index contributed by atoms with van der Waals surface area (Å²) in [5.74, 6) is 1.01. The lowest BCUT2D eigenvalue weighted by Crippen LogP contribution is -2.44. The monoisotopic (exact) mass is 368 g/mol. The Morgan fingerprint density at radius 3 is 3.00 bits per heavy atom. The molecule has 144 valence electrons. The van der Waals surface area contributed by atoms with E-state index >= 15 is 0 Å². The number of carbonyl (C=O) groups is 1. The molecule has 1 amide bonds. The quantitative estimate of drug-likeness (QED) is 0.901. The number of fused-ring (bicyclic) bond motifs is 2. The summed E-state index contributed by atoms with van der Waals surface area (Å²) >= 11 is 0. The molecule has 4 rings (SSSR count). The molecule has 0 spiro atoms. The SMILES string of the molecule is CCCN1CCn2nc(C(=O)NC3COc4ccc(C)cc4C3C)cc2C1. The van der Waals surface area contributed by atoms with Crippen molar-refractivity contribution < 1.29 is 9.53 Å². The average molecular weight is 368 g/mol. The third-order valence-corrected chi connectivity index (χ3v) is 5.64. The molecule has 27 heavy (non-hydrogen) atoms. The number of rotatable bonds is 4. The van der Waals surface area contributed by atoms with Gasteiger partial charge in [0.05, 0.1) is 18.3 Å². The van der Waals surface area contributed by atoms with E-state index < -0.39 is 0 Å². The second kappa shape index (κ2) is 7.35. The molecule has 6 heteroatoms. The molecular weight excluding hydrogens is 340 g/mol. The highest BCUT2D eigenvalue weighted by Gasteiger charge is 2.30. The molecule has 1 aromatic carbocycles. The van der Waals surface area contributed by atoms with Gasteiger partial charge in [-0.25, -0.2) is 0 Å². The molecule has 2 aliphatic heterocycles. The van der Waals surface area contributed by atoms with Gasteiger partial charge >= 0.3 is 0 Å². The molecule has 0 bridgehead atoms. The number of nitrogens with zero attached hydrogens (tertiary/aromatic N) is 3. The first kappa shape index (κ1) is 18.0. The Labute approximate surface area is 160 Å². The molecule has 0 saturated carbocycles. The molecule has 2 unspecified atom stereocenters. The number of ether oxygens (including phenoxy) is 1. The van der Waals surface area contributed by atoms with Gasteiger partial charge in [-0.3, -0.25) is 14.4 Å². The Morgan fingerprint density at radius 2 is 2.19 bits per heavy atom. The van der Waals surface area contributed by atoms with Crippen LogP contribution in [0.3, 0.4) is 0 Å². The molecule has 0 radical (unpaired) electrons. The first-order valence-electron chi connectivity index (χ1n) is 9.88. The maximum absolute atomic E-state index is 12.8. The lowest BCUT2D eigenvalue weighted by molar-refractivity contribution is 0.0898. The number of hydrogen-bond donors (Lipinski definition) is 1. The zero-order valence-electron chi connectivity index (χ0n) is 16.4. The summed E-state index contributed by atoms with van der Waals surface area (Å²) < 4.78 is 7.85. The van der Waals surface area contributed by atoms with Crippen molar-refractivity contribution in [3.8, 4) is 5.75 Å². The van der Waals surface area contributed by atoms with Gasteiger partial charge < -0.3 is 10.1 Å². The van der Waals surface area contributed by atoms with Crippen molar-refractivity contribution in [3.63, 3.8) is 0 Å². The minimum absolute atomic E-state index is 0.0536. The lowest BCUT2D eigenvalue weighted by atomic mass is 9.89. The fourth-order valence-electron chi connectivity index (χ4n) is 4.04. The van der Waals surface area contributed by atoms with E-state index in [9.17, 15) is 4.79 Å². The molecule has 1 aromatic heterocycles. The molecule has 0 aliphatic carbocycles. The Morgan fingerprint density at radius 1 is 1.33 bits per heavy atom. The molecule has 2 aromatic rings.